The molecular formula is C22H20N2O3S. The third kappa shape index (κ3) is 4.12. The number of aryl methyl sites for hydroxylation is 1. The van der Waals surface area contributed by atoms with Crippen molar-refractivity contribution in [2.24, 2.45) is 0 Å². The van der Waals surface area contributed by atoms with E-state index in [1.807, 2.05) is 61.5 Å². The summed E-state index contributed by atoms with van der Waals surface area (Å²) >= 11 is 1.51. The number of rotatable bonds is 7. The van der Waals surface area contributed by atoms with E-state index in [2.05, 4.69) is 0 Å². The molecule has 2 heterocycles. The lowest BCUT2D eigenvalue weighted by atomic mass is 10.2. The van der Waals surface area contributed by atoms with Crippen molar-refractivity contribution < 1.29 is 9.15 Å². The third-order valence-electron chi connectivity index (χ3n) is 4.29. The summed E-state index contributed by atoms with van der Waals surface area (Å²) in [5.41, 5.74) is 1.79. The smallest absolute Gasteiger partial charge is 0.262 e. The van der Waals surface area contributed by atoms with E-state index in [-0.39, 0.29) is 5.56 Å². The average Bonchev–Trinajstić information content (AvgIpc) is 3.21. The molecule has 0 aliphatic carbocycles. The molecule has 6 heteroatoms. The topological polar surface area (TPSA) is 57.3 Å². The highest BCUT2D eigenvalue weighted by Crippen LogP contribution is 2.20. The maximum Gasteiger partial charge on any atom is 0.262 e. The van der Waals surface area contributed by atoms with Crippen LogP contribution in [0.4, 0.5) is 0 Å². The van der Waals surface area contributed by atoms with Gasteiger partial charge in [0.15, 0.2) is 5.16 Å². The van der Waals surface area contributed by atoms with Crippen LogP contribution in [-0.4, -0.2) is 21.9 Å². The second-order valence-electron chi connectivity index (χ2n) is 6.40. The first-order valence-electron chi connectivity index (χ1n) is 9.05. The molecule has 0 atom stereocenters. The minimum absolute atomic E-state index is 0.0656. The number of ether oxygens (including phenoxy) is 1. The van der Waals surface area contributed by atoms with E-state index < -0.39 is 0 Å². The fourth-order valence-corrected chi connectivity index (χ4v) is 3.77. The Kier molecular flexibility index (Phi) is 5.48. The number of fused-ring (bicyclic) bond motifs is 1. The van der Waals surface area contributed by atoms with Crippen LogP contribution in [0, 0.1) is 6.92 Å². The summed E-state index contributed by atoms with van der Waals surface area (Å²) in [5, 5.41) is 1.27. The van der Waals surface area contributed by atoms with Gasteiger partial charge in [-0.05, 0) is 48.9 Å². The van der Waals surface area contributed by atoms with Gasteiger partial charge in [-0.25, -0.2) is 4.98 Å². The predicted molar refractivity (Wildman–Crippen MR) is 111 cm³/mol. The van der Waals surface area contributed by atoms with E-state index in [0.29, 0.717) is 35.0 Å². The van der Waals surface area contributed by atoms with Gasteiger partial charge in [0.2, 0.25) is 0 Å². The Morgan fingerprint density at radius 2 is 2.00 bits per heavy atom. The van der Waals surface area contributed by atoms with Crippen molar-refractivity contribution in [3.8, 4) is 5.75 Å². The standard InChI is InChI=1S/C22H20N2O3S/c1-16-6-4-7-17(14-16)27-12-13-28-22-23-20-10-3-2-9-19(20)21(25)24(22)15-18-8-5-11-26-18/h2-11,14H,12-13,15H2,1H3. The van der Waals surface area contributed by atoms with Crippen molar-refractivity contribution in [3.05, 3.63) is 88.6 Å². The first-order valence-corrected chi connectivity index (χ1v) is 10.0. The third-order valence-corrected chi connectivity index (χ3v) is 5.23. The molecule has 0 aliphatic heterocycles. The second-order valence-corrected chi connectivity index (χ2v) is 7.46. The molecule has 142 valence electrons. The van der Waals surface area contributed by atoms with Gasteiger partial charge in [0.25, 0.3) is 5.56 Å². The van der Waals surface area contributed by atoms with Gasteiger partial charge in [-0.1, -0.05) is 36.0 Å². The molecular weight excluding hydrogens is 372 g/mol. The molecule has 0 aliphatic rings. The number of nitrogens with zero attached hydrogens (tertiary/aromatic N) is 2. The number of hydrogen-bond acceptors (Lipinski definition) is 5. The SMILES string of the molecule is Cc1cccc(OCCSc2nc3ccccc3c(=O)n2Cc2ccco2)c1. The molecule has 5 nitrogen and oxygen atoms in total. The molecule has 4 aromatic rings. The molecule has 2 aromatic carbocycles. The zero-order chi connectivity index (χ0) is 19.3. The Balaban J connectivity index is 1.55. The summed E-state index contributed by atoms with van der Waals surface area (Å²) in [6, 6.07) is 19.0. The van der Waals surface area contributed by atoms with E-state index in [0.717, 1.165) is 17.1 Å². The van der Waals surface area contributed by atoms with E-state index in [1.54, 1.807) is 16.9 Å². The molecule has 4 rings (SSSR count). The van der Waals surface area contributed by atoms with E-state index in [9.17, 15) is 4.79 Å². The number of hydrogen-bond donors (Lipinski definition) is 0. The average molecular weight is 392 g/mol. The van der Waals surface area contributed by atoms with Gasteiger partial charge in [0, 0.05) is 5.75 Å². The maximum absolute atomic E-state index is 13.0. The number of thioether (sulfide) groups is 1. The number of aromatic nitrogens is 2. The molecule has 2 aromatic heterocycles. The number of para-hydroxylation sites is 1. The molecule has 0 bridgehead atoms. The van der Waals surface area contributed by atoms with Gasteiger partial charge in [0.05, 0.1) is 30.3 Å². The van der Waals surface area contributed by atoms with Crippen LogP contribution >= 0.6 is 11.8 Å². The van der Waals surface area contributed by atoms with Crippen molar-refractivity contribution in [2.45, 2.75) is 18.6 Å². The quantitative estimate of drug-likeness (QED) is 0.263. The molecule has 0 unspecified atom stereocenters. The van der Waals surface area contributed by atoms with Crippen LogP contribution in [0.2, 0.25) is 0 Å². The van der Waals surface area contributed by atoms with Crippen LogP contribution in [0.5, 0.6) is 5.75 Å². The van der Waals surface area contributed by atoms with Crippen LogP contribution in [0.25, 0.3) is 10.9 Å². The summed E-state index contributed by atoms with van der Waals surface area (Å²) < 4.78 is 12.9. The van der Waals surface area contributed by atoms with Crippen molar-refractivity contribution >= 4 is 22.7 Å². The van der Waals surface area contributed by atoms with Crippen LogP contribution in [0.1, 0.15) is 11.3 Å². The lowest BCUT2D eigenvalue weighted by molar-refractivity contribution is 0.343. The molecule has 0 saturated carbocycles. The Morgan fingerprint density at radius 3 is 2.82 bits per heavy atom. The van der Waals surface area contributed by atoms with Crippen molar-refractivity contribution in [1.29, 1.82) is 0 Å². The summed E-state index contributed by atoms with van der Waals surface area (Å²) in [7, 11) is 0. The highest BCUT2D eigenvalue weighted by Gasteiger charge is 2.13. The molecule has 0 radical (unpaired) electrons. The zero-order valence-corrected chi connectivity index (χ0v) is 16.3. The monoisotopic (exact) mass is 392 g/mol. The molecule has 28 heavy (non-hydrogen) atoms. The van der Waals surface area contributed by atoms with E-state index in [4.69, 9.17) is 14.1 Å². The molecule has 0 amide bonds. The highest BCUT2D eigenvalue weighted by molar-refractivity contribution is 7.99. The lowest BCUT2D eigenvalue weighted by Gasteiger charge is -2.12. The summed E-state index contributed by atoms with van der Waals surface area (Å²) in [6.45, 7) is 2.91. The summed E-state index contributed by atoms with van der Waals surface area (Å²) in [5.74, 6) is 2.24. The maximum atomic E-state index is 13.0. The van der Waals surface area contributed by atoms with Crippen LogP contribution in [0.3, 0.4) is 0 Å². The second kappa shape index (κ2) is 8.35. The summed E-state index contributed by atoms with van der Waals surface area (Å²) in [6.07, 6.45) is 1.61. The van der Waals surface area contributed by atoms with Gasteiger partial charge in [-0.2, -0.15) is 0 Å². The predicted octanol–water partition coefficient (Wildman–Crippen LogP) is 4.52. The normalized spacial score (nSPS) is 11.0. The Bertz CT molecular complexity index is 1140. The first-order chi connectivity index (χ1) is 13.7. The minimum Gasteiger partial charge on any atom is -0.493 e. The van der Waals surface area contributed by atoms with Gasteiger partial charge in [-0.3, -0.25) is 9.36 Å². The first kappa shape index (κ1) is 18.4. The fraction of sp³-hybridized carbons (Fsp3) is 0.182. The molecule has 0 fully saturated rings. The van der Waals surface area contributed by atoms with Gasteiger partial charge in [-0.15, -0.1) is 0 Å². The summed E-state index contributed by atoms with van der Waals surface area (Å²) in [4.78, 5) is 17.7. The minimum atomic E-state index is -0.0656. The zero-order valence-electron chi connectivity index (χ0n) is 15.5. The van der Waals surface area contributed by atoms with Crippen LogP contribution in [-0.2, 0) is 6.54 Å². The number of furan rings is 1. The highest BCUT2D eigenvalue weighted by atomic mass is 32.2. The lowest BCUT2D eigenvalue weighted by Crippen LogP contribution is -2.24. The fourth-order valence-electron chi connectivity index (χ4n) is 2.95. The molecule has 0 spiro atoms. The molecule has 0 saturated heterocycles. The van der Waals surface area contributed by atoms with Crippen molar-refractivity contribution in [1.82, 2.24) is 9.55 Å². The van der Waals surface area contributed by atoms with Gasteiger partial charge < -0.3 is 9.15 Å². The molecule has 0 N–H and O–H groups in total. The van der Waals surface area contributed by atoms with E-state index >= 15 is 0 Å². The van der Waals surface area contributed by atoms with Crippen molar-refractivity contribution in [2.75, 3.05) is 12.4 Å². The Morgan fingerprint density at radius 1 is 1.11 bits per heavy atom. The van der Waals surface area contributed by atoms with Crippen molar-refractivity contribution in [3.63, 3.8) is 0 Å². The largest absolute Gasteiger partial charge is 0.493 e. The number of benzene rings is 2. The van der Waals surface area contributed by atoms with Gasteiger partial charge in [0.1, 0.15) is 11.5 Å². The van der Waals surface area contributed by atoms with Crippen LogP contribution < -0.4 is 10.3 Å². The van der Waals surface area contributed by atoms with Crippen LogP contribution in [0.15, 0.2) is 81.3 Å². The Labute approximate surface area is 167 Å². The van der Waals surface area contributed by atoms with E-state index in [1.165, 1.54) is 11.8 Å². The Hall–Kier alpha value is -2.99. The van der Waals surface area contributed by atoms with Gasteiger partial charge >= 0.3 is 0 Å².